The van der Waals surface area contributed by atoms with Crippen LogP contribution in [0.5, 0.6) is 0 Å². The number of hydrogen-bond acceptors (Lipinski definition) is 2. The molecular weight excluding hydrogens is 822 g/mol. The maximum Gasteiger partial charge on any atom is 0.333 e. The van der Waals surface area contributed by atoms with E-state index in [9.17, 15) is 0 Å². The molecule has 3 aliphatic rings. The molecule has 0 saturated carbocycles. The van der Waals surface area contributed by atoms with Crippen molar-refractivity contribution in [3.8, 4) is 27.9 Å². The van der Waals surface area contributed by atoms with Gasteiger partial charge >= 0.3 is 6.85 Å². The number of aryl methyl sites for hydroxylation is 1. The summed E-state index contributed by atoms with van der Waals surface area (Å²) >= 11 is 0. The molecule has 2 aliphatic heterocycles. The Morgan fingerprint density at radius 1 is 0.574 bits per heavy atom. The van der Waals surface area contributed by atoms with Crippen molar-refractivity contribution < 1.29 is 0 Å². The van der Waals surface area contributed by atoms with Crippen molar-refractivity contribution in [3.63, 3.8) is 0 Å². The average Bonchev–Trinajstić information content (AvgIpc) is 3.83. The largest absolute Gasteiger partial charge is 0.376 e. The summed E-state index contributed by atoms with van der Waals surface area (Å²) in [5, 5.41) is 5.10. The van der Waals surface area contributed by atoms with Gasteiger partial charge in [-0.15, -0.1) is 0 Å². The van der Waals surface area contributed by atoms with Crippen molar-refractivity contribution in [1.29, 1.82) is 0 Å². The number of fused-ring (bicyclic) bond motifs is 13. The summed E-state index contributed by atoms with van der Waals surface area (Å²) in [7, 11) is 0. The Hall–Kier alpha value is -7.30. The van der Waals surface area contributed by atoms with E-state index in [4.69, 9.17) is 0 Å². The van der Waals surface area contributed by atoms with Gasteiger partial charge in [-0.05, 0) is 146 Å². The molecule has 1 aromatic heterocycles. The first-order valence-corrected chi connectivity index (χ1v) is 24.9. The first-order valence-electron chi connectivity index (χ1n) is 24.9. The Morgan fingerprint density at radius 3 is 2.01 bits per heavy atom. The Morgan fingerprint density at radius 2 is 1.28 bits per heavy atom. The smallest absolute Gasteiger partial charge is 0.333 e. The summed E-state index contributed by atoms with van der Waals surface area (Å²) in [6.45, 7) is 14.0. The average molecular weight is 878 g/mol. The van der Waals surface area contributed by atoms with E-state index in [1.807, 2.05) is 0 Å². The van der Waals surface area contributed by atoms with Crippen LogP contribution in [0, 0.1) is 0 Å². The van der Waals surface area contributed by atoms with Gasteiger partial charge in [0.05, 0.1) is 16.7 Å². The molecule has 3 heterocycles. The SMILES string of the molecule is CCCCCc1ccc2c(c1)B1c3c(cc(N(c4ccccc4)c4ccccc4)c4c5c6ccccc6ccc5n-2c34)-c2cc3c(cc2N1c1ccc(C(C)(C)C)cc1)-c1ccccc1C3(C)C. The molecule has 0 fully saturated rings. The van der Waals surface area contributed by atoms with Gasteiger partial charge in [-0.2, -0.15) is 0 Å². The fourth-order valence-electron chi connectivity index (χ4n) is 12.4. The van der Waals surface area contributed by atoms with Gasteiger partial charge in [-0.3, -0.25) is 0 Å². The standard InChI is InChI=1S/C64H56BN3/c1-7-8-11-20-41-29-35-55-54(37-41)65-61-51(50-38-53-49(48-27-18-19-28-52(48)64(53,5)6)39-57(50)68(65)46-33-31-43(32-34-46)63(2,3)4)40-58(66(44-22-12-9-13-23-44)45-24-14-10-15-25-45)60-59-47-26-17-16-21-42(47)30-36-56(59)67(55)62(60)61/h9-10,12-19,21-40H,7-8,11,20H2,1-6H3. The van der Waals surface area contributed by atoms with Crippen molar-refractivity contribution in [2.75, 3.05) is 9.71 Å². The summed E-state index contributed by atoms with van der Waals surface area (Å²) in [6.07, 6.45) is 4.69. The summed E-state index contributed by atoms with van der Waals surface area (Å²) in [6, 6.07) is 69.7. The highest BCUT2D eigenvalue weighted by Crippen LogP contribution is 2.56. The van der Waals surface area contributed by atoms with Gasteiger partial charge in [0.2, 0.25) is 0 Å². The predicted octanol–water partition coefficient (Wildman–Crippen LogP) is 16.0. The maximum absolute atomic E-state index is 2.73. The Bertz CT molecular complexity index is 3610. The predicted molar refractivity (Wildman–Crippen MR) is 292 cm³/mol. The van der Waals surface area contributed by atoms with Crippen molar-refractivity contribution in [2.24, 2.45) is 0 Å². The first kappa shape index (κ1) is 40.9. The van der Waals surface area contributed by atoms with E-state index in [2.05, 4.69) is 238 Å². The van der Waals surface area contributed by atoms with Crippen molar-refractivity contribution >= 4 is 78.8 Å². The zero-order chi connectivity index (χ0) is 46.1. The fraction of sp³-hybridized carbons (Fsp3) is 0.188. The minimum atomic E-state index is -0.172. The Balaban J connectivity index is 1.23. The van der Waals surface area contributed by atoms with E-state index >= 15 is 0 Å². The van der Waals surface area contributed by atoms with Crippen LogP contribution < -0.4 is 20.6 Å². The highest BCUT2D eigenvalue weighted by molar-refractivity contribution is 6.94. The summed E-state index contributed by atoms with van der Waals surface area (Å²) < 4.78 is 2.66. The van der Waals surface area contributed by atoms with Gasteiger partial charge in [-0.25, -0.2) is 0 Å². The molecule has 0 unspecified atom stereocenters. The number of rotatable bonds is 8. The minimum absolute atomic E-state index is 0.0293. The quantitative estimate of drug-likeness (QED) is 0.111. The van der Waals surface area contributed by atoms with Gasteiger partial charge in [0, 0.05) is 50.2 Å². The molecular formula is C64H56BN3. The number of anilines is 5. The van der Waals surface area contributed by atoms with Crippen LogP contribution in [0.4, 0.5) is 28.4 Å². The fourth-order valence-corrected chi connectivity index (χ4v) is 12.4. The normalized spacial score (nSPS) is 14.0. The Kier molecular flexibility index (Phi) is 9.09. The van der Waals surface area contributed by atoms with Gasteiger partial charge in [-0.1, -0.05) is 170 Å². The zero-order valence-electron chi connectivity index (χ0n) is 40.1. The molecule has 0 N–H and O–H groups in total. The number of unbranched alkanes of at least 4 members (excludes halogenated alkanes) is 2. The van der Waals surface area contributed by atoms with Crippen molar-refractivity contribution in [1.82, 2.24) is 4.57 Å². The van der Waals surface area contributed by atoms with E-state index in [0.717, 1.165) is 17.8 Å². The molecule has 3 nitrogen and oxygen atoms in total. The van der Waals surface area contributed by atoms with Gasteiger partial charge in [0.1, 0.15) is 0 Å². The minimum Gasteiger partial charge on any atom is -0.376 e. The van der Waals surface area contributed by atoms with Crippen LogP contribution in [0.3, 0.4) is 0 Å². The lowest BCUT2D eigenvalue weighted by molar-refractivity contribution is 0.590. The molecule has 4 heteroatoms. The molecule has 9 aromatic carbocycles. The van der Waals surface area contributed by atoms with Crippen LogP contribution in [0.25, 0.3) is 60.5 Å². The molecule has 0 saturated heterocycles. The van der Waals surface area contributed by atoms with Crippen molar-refractivity contribution in [3.05, 3.63) is 204 Å². The third kappa shape index (κ3) is 5.92. The second-order valence-electron chi connectivity index (χ2n) is 21.1. The highest BCUT2D eigenvalue weighted by Gasteiger charge is 2.47. The number of benzene rings is 9. The Labute approximate surface area is 401 Å². The highest BCUT2D eigenvalue weighted by atomic mass is 15.2. The van der Waals surface area contributed by atoms with Crippen LogP contribution in [-0.2, 0) is 17.3 Å². The molecule has 1 aliphatic carbocycles. The molecule has 0 spiro atoms. The lowest BCUT2D eigenvalue weighted by Crippen LogP contribution is -2.60. The van der Waals surface area contributed by atoms with Crippen LogP contribution in [0.1, 0.15) is 83.1 Å². The molecule has 0 bridgehead atoms. The number of nitrogens with zero attached hydrogens (tertiary/aromatic N) is 3. The first-order chi connectivity index (χ1) is 33.1. The topological polar surface area (TPSA) is 11.4 Å². The second-order valence-corrected chi connectivity index (χ2v) is 21.1. The van der Waals surface area contributed by atoms with Crippen LogP contribution in [0.15, 0.2) is 182 Å². The summed E-state index contributed by atoms with van der Waals surface area (Å²) in [5.74, 6) is 0. The number of para-hydroxylation sites is 2. The van der Waals surface area contributed by atoms with E-state index in [1.165, 1.54) is 130 Å². The molecule has 10 aromatic rings. The maximum atomic E-state index is 2.73. The van der Waals surface area contributed by atoms with E-state index in [0.29, 0.717) is 0 Å². The zero-order valence-corrected chi connectivity index (χ0v) is 40.1. The van der Waals surface area contributed by atoms with E-state index in [-0.39, 0.29) is 17.7 Å². The second kappa shape index (κ2) is 15.1. The number of hydrogen-bond donors (Lipinski definition) is 0. The van der Waals surface area contributed by atoms with E-state index < -0.39 is 0 Å². The summed E-state index contributed by atoms with van der Waals surface area (Å²) in [5.41, 5.74) is 23.1. The molecule has 68 heavy (non-hydrogen) atoms. The lowest BCUT2D eigenvalue weighted by Gasteiger charge is -2.43. The summed E-state index contributed by atoms with van der Waals surface area (Å²) in [4.78, 5) is 5.25. The van der Waals surface area contributed by atoms with E-state index in [1.54, 1.807) is 0 Å². The van der Waals surface area contributed by atoms with Crippen molar-refractivity contribution in [2.45, 2.75) is 78.1 Å². The lowest BCUT2D eigenvalue weighted by atomic mass is 9.43. The van der Waals surface area contributed by atoms with Crippen LogP contribution in [-0.4, -0.2) is 11.4 Å². The van der Waals surface area contributed by atoms with Gasteiger partial charge < -0.3 is 14.3 Å². The van der Waals surface area contributed by atoms with Gasteiger partial charge in [0.15, 0.2) is 0 Å². The molecule has 13 rings (SSSR count). The monoisotopic (exact) mass is 877 g/mol. The third-order valence-electron chi connectivity index (χ3n) is 15.7. The van der Waals surface area contributed by atoms with Crippen LogP contribution >= 0.6 is 0 Å². The van der Waals surface area contributed by atoms with Gasteiger partial charge in [0.25, 0.3) is 0 Å². The number of aromatic nitrogens is 1. The molecule has 330 valence electrons. The molecule has 0 atom stereocenters. The third-order valence-corrected chi connectivity index (χ3v) is 15.7. The molecule has 0 amide bonds. The molecule has 0 radical (unpaired) electrons. The van der Waals surface area contributed by atoms with Crippen LogP contribution in [0.2, 0.25) is 0 Å².